The van der Waals surface area contributed by atoms with Gasteiger partial charge < -0.3 is 0 Å². The fraction of sp³-hybridized carbons (Fsp3) is 0. The quantitative estimate of drug-likeness (QED) is 0.525. The Kier molecular flexibility index (Phi) is 3.21. The Morgan fingerprint density at radius 2 is 2.05 bits per heavy atom. The number of ketones is 1. The Morgan fingerprint density at radius 3 is 2.84 bits per heavy atom. The summed E-state index contributed by atoms with van der Waals surface area (Å²) in [6.07, 6.45) is 6.70. The van der Waals surface area contributed by atoms with Crippen molar-refractivity contribution in [3.05, 3.63) is 71.4 Å². The molecule has 19 heavy (non-hydrogen) atoms. The van der Waals surface area contributed by atoms with Gasteiger partial charge in [-0.1, -0.05) is 18.2 Å². The SMILES string of the molecule is O=C(/C=C/c1cc2ccccc2s1)c1cccnc1. The van der Waals surface area contributed by atoms with E-state index in [1.54, 1.807) is 41.9 Å². The molecule has 0 aliphatic heterocycles. The number of carbonyl (C=O) groups is 1. The van der Waals surface area contributed by atoms with Crippen molar-refractivity contribution < 1.29 is 4.79 Å². The second-order valence-corrected chi connectivity index (χ2v) is 5.24. The van der Waals surface area contributed by atoms with Crippen LogP contribution in [0, 0.1) is 0 Å². The molecule has 92 valence electrons. The molecule has 3 aromatic rings. The van der Waals surface area contributed by atoms with Crippen molar-refractivity contribution in [1.29, 1.82) is 0 Å². The lowest BCUT2D eigenvalue weighted by Crippen LogP contribution is -1.93. The molecule has 0 bridgehead atoms. The molecule has 0 unspecified atom stereocenters. The number of pyridine rings is 1. The molecule has 0 radical (unpaired) electrons. The number of thiophene rings is 1. The van der Waals surface area contributed by atoms with Gasteiger partial charge in [0.15, 0.2) is 5.78 Å². The molecule has 0 saturated carbocycles. The largest absolute Gasteiger partial charge is 0.289 e. The molecule has 0 aliphatic rings. The molecule has 0 amide bonds. The van der Waals surface area contributed by atoms with Crippen LogP contribution in [0.5, 0.6) is 0 Å². The maximum Gasteiger partial charge on any atom is 0.187 e. The molecule has 1 aromatic carbocycles. The van der Waals surface area contributed by atoms with Gasteiger partial charge in [0.05, 0.1) is 0 Å². The van der Waals surface area contributed by atoms with Gasteiger partial charge in [0.1, 0.15) is 0 Å². The number of allylic oxidation sites excluding steroid dienone is 1. The second-order valence-electron chi connectivity index (χ2n) is 4.13. The van der Waals surface area contributed by atoms with E-state index in [2.05, 4.69) is 23.2 Å². The summed E-state index contributed by atoms with van der Waals surface area (Å²) >= 11 is 1.68. The molecule has 3 rings (SSSR count). The van der Waals surface area contributed by atoms with Gasteiger partial charge in [-0.05, 0) is 41.8 Å². The first kappa shape index (κ1) is 11.8. The lowest BCUT2D eigenvalue weighted by molar-refractivity contribution is 0.104. The summed E-state index contributed by atoms with van der Waals surface area (Å²) in [4.78, 5) is 16.9. The zero-order valence-corrected chi connectivity index (χ0v) is 10.9. The van der Waals surface area contributed by atoms with Crippen LogP contribution in [0.3, 0.4) is 0 Å². The number of nitrogens with zero attached hydrogens (tertiary/aromatic N) is 1. The van der Waals surface area contributed by atoms with E-state index in [1.165, 1.54) is 10.1 Å². The fourth-order valence-corrected chi connectivity index (χ4v) is 2.81. The highest BCUT2D eigenvalue weighted by atomic mass is 32.1. The normalized spacial score (nSPS) is 11.2. The van der Waals surface area contributed by atoms with E-state index in [0.29, 0.717) is 5.56 Å². The fourth-order valence-electron chi connectivity index (χ4n) is 1.85. The molecule has 2 nitrogen and oxygen atoms in total. The van der Waals surface area contributed by atoms with Gasteiger partial charge in [-0.2, -0.15) is 0 Å². The Morgan fingerprint density at radius 1 is 1.16 bits per heavy atom. The average molecular weight is 265 g/mol. The predicted octanol–water partition coefficient (Wildman–Crippen LogP) is 4.19. The maximum absolute atomic E-state index is 11.9. The Hall–Kier alpha value is -2.26. The number of rotatable bonds is 3. The first-order valence-corrected chi connectivity index (χ1v) is 6.75. The van der Waals surface area contributed by atoms with Crippen LogP contribution in [0.2, 0.25) is 0 Å². The summed E-state index contributed by atoms with van der Waals surface area (Å²) in [6, 6.07) is 13.8. The van der Waals surface area contributed by atoms with E-state index in [4.69, 9.17) is 0 Å². The topological polar surface area (TPSA) is 30.0 Å². The highest BCUT2D eigenvalue weighted by molar-refractivity contribution is 7.19. The van der Waals surface area contributed by atoms with Crippen LogP contribution >= 0.6 is 11.3 Å². The Bertz CT molecular complexity index is 711. The molecular formula is C16H11NOS. The third kappa shape index (κ3) is 2.61. The minimum atomic E-state index is -0.0226. The minimum absolute atomic E-state index is 0.0226. The van der Waals surface area contributed by atoms with Crippen LogP contribution in [-0.4, -0.2) is 10.8 Å². The van der Waals surface area contributed by atoms with Crippen LogP contribution in [0.25, 0.3) is 16.2 Å². The van der Waals surface area contributed by atoms with Crippen LogP contribution < -0.4 is 0 Å². The minimum Gasteiger partial charge on any atom is -0.289 e. The van der Waals surface area contributed by atoms with Gasteiger partial charge in [0.2, 0.25) is 0 Å². The summed E-state index contributed by atoms with van der Waals surface area (Å²) in [5.41, 5.74) is 0.611. The van der Waals surface area contributed by atoms with E-state index >= 15 is 0 Å². The first-order valence-electron chi connectivity index (χ1n) is 5.94. The third-order valence-electron chi connectivity index (χ3n) is 2.79. The number of benzene rings is 1. The third-order valence-corrected chi connectivity index (χ3v) is 3.87. The molecule has 2 heterocycles. The van der Waals surface area contributed by atoms with Crippen molar-refractivity contribution in [1.82, 2.24) is 4.98 Å². The van der Waals surface area contributed by atoms with Crippen LogP contribution in [0.1, 0.15) is 15.2 Å². The summed E-state index contributed by atoms with van der Waals surface area (Å²) < 4.78 is 1.23. The zero-order chi connectivity index (χ0) is 13.1. The zero-order valence-electron chi connectivity index (χ0n) is 10.1. The number of carbonyl (C=O) groups excluding carboxylic acids is 1. The maximum atomic E-state index is 11.9. The van der Waals surface area contributed by atoms with Gasteiger partial charge in [-0.25, -0.2) is 0 Å². The molecule has 0 aliphatic carbocycles. The van der Waals surface area contributed by atoms with Crippen molar-refractivity contribution in [2.75, 3.05) is 0 Å². The van der Waals surface area contributed by atoms with Crippen molar-refractivity contribution >= 4 is 33.3 Å². The summed E-state index contributed by atoms with van der Waals surface area (Å²) in [7, 11) is 0. The van der Waals surface area contributed by atoms with Crippen molar-refractivity contribution in [2.45, 2.75) is 0 Å². The molecule has 0 saturated heterocycles. The molecule has 0 N–H and O–H groups in total. The van der Waals surface area contributed by atoms with Gasteiger partial charge in [-0.15, -0.1) is 11.3 Å². The predicted molar refractivity (Wildman–Crippen MR) is 79.4 cm³/mol. The Balaban J connectivity index is 1.84. The van der Waals surface area contributed by atoms with Gasteiger partial charge >= 0.3 is 0 Å². The van der Waals surface area contributed by atoms with E-state index in [1.807, 2.05) is 18.2 Å². The smallest absolute Gasteiger partial charge is 0.187 e. The average Bonchev–Trinajstić information content (AvgIpc) is 2.88. The van der Waals surface area contributed by atoms with Crippen molar-refractivity contribution in [3.8, 4) is 0 Å². The van der Waals surface area contributed by atoms with Gasteiger partial charge in [0.25, 0.3) is 0 Å². The number of hydrogen-bond donors (Lipinski definition) is 0. The highest BCUT2D eigenvalue weighted by Gasteiger charge is 2.02. The van der Waals surface area contributed by atoms with Crippen molar-refractivity contribution in [3.63, 3.8) is 0 Å². The first-order chi connectivity index (χ1) is 9.33. The van der Waals surface area contributed by atoms with Crippen LogP contribution in [-0.2, 0) is 0 Å². The van der Waals surface area contributed by atoms with Gasteiger partial charge in [0, 0.05) is 27.5 Å². The second kappa shape index (κ2) is 5.16. The summed E-state index contributed by atoms with van der Waals surface area (Å²) in [5, 5.41) is 1.21. The van der Waals surface area contributed by atoms with Crippen molar-refractivity contribution in [2.24, 2.45) is 0 Å². The Labute approximate surface area is 115 Å². The summed E-state index contributed by atoms with van der Waals surface area (Å²) in [6.45, 7) is 0. The van der Waals surface area contributed by atoms with Crippen LogP contribution in [0.4, 0.5) is 0 Å². The molecule has 2 aromatic heterocycles. The number of hydrogen-bond acceptors (Lipinski definition) is 3. The van der Waals surface area contributed by atoms with E-state index in [-0.39, 0.29) is 5.78 Å². The standard InChI is InChI=1S/C16H11NOS/c18-15(13-5-3-9-17-11-13)8-7-14-10-12-4-1-2-6-16(12)19-14/h1-11H/b8-7+. The molecule has 3 heteroatoms. The number of fused-ring (bicyclic) bond motifs is 1. The molecular weight excluding hydrogens is 254 g/mol. The highest BCUT2D eigenvalue weighted by Crippen LogP contribution is 2.26. The molecule has 0 fully saturated rings. The molecule has 0 atom stereocenters. The number of aromatic nitrogens is 1. The monoisotopic (exact) mass is 265 g/mol. The lowest BCUT2D eigenvalue weighted by atomic mass is 10.2. The van der Waals surface area contributed by atoms with E-state index in [0.717, 1.165) is 4.88 Å². The lowest BCUT2D eigenvalue weighted by Gasteiger charge is -1.92. The molecule has 0 spiro atoms. The van der Waals surface area contributed by atoms with E-state index in [9.17, 15) is 4.79 Å². The van der Waals surface area contributed by atoms with Gasteiger partial charge in [-0.3, -0.25) is 9.78 Å². The van der Waals surface area contributed by atoms with Crippen LogP contribution in [0.15, 0.2) is 60.9 Å². The van der Waals surface area contributed by atoms with E-state index < -0.39 is 0 Å². The summed E-state index contributed by atoms with van der Waals surface area (Å²) in [5.74, 6) is -0.0226.